The Kier molecular flexibility index (Phi) is 9.07. The zero-order valence-electron chi connectivity index (χ0n) is 31.7. The molecule has 0 unspecified atom stereocenters. The first kappa shape index (κ1) is 34.7. The van der Waals surface area contributed by atoms with Crippen molar-refractivity contribution >= 4 is 22.3 Å². The standard InChI is InChI=1S/C48H42N4O4/c1-53-33-13-5-29(6-14-33)45-37-21-23-39(49-37)46(30-7-15-34(54-2)16-8-30)41-25-27-43(51-41)48(32-11-19-36(56-4)20-12-32)44-28-26-42(52-44)47(40-24-22-38(45)50-40)31-9-17-35(55-3)18-10-31/h5-23,25-26,28,49-52H,24,27H2,1-4H3. The summed E-state index contributed by atoms with van der Waals surface area (Å²) in [7, 11) is 6.78. The van der Waals surface area contributed by atoms with E-state index in [-0.39, 0.29) is 0 Å². The summed E-state index contributed by atoms with van der Waals surface area (Å²) in [6.45, 7) is 0. The number of H-pyrrole nitrogens is 2. The number of aromatic amines is 2. The zero-order chi connectivity index (χ0) is 38.2. The van der Waals surface area contributed by atoms with Gasteiger partial charge < -0.3 is 39.5 Å². The number of ether oxygens (including phenoxy) is 4. The third-order valence-electron chi connectivity index (χ3n) is 10.7. The second-order valence-corrected chi connectivity index (χ2v) is 13.8. The second-order valence-electron chi connectivity index (χ2n) is 13.8. The lowest BCUT2D eigenvalue weighted by Gasteiger charge is -2.17. The average molecular weight is 739 g/mol. The van der Waals surface area contributed by atoms with Gasteiger partial charge >= 0.3 is 0 Å². The van der Waals surface area contributed by atoms with Crippen molar-refractivity contribution in [3.05, 3.63) is 201 Å². The molecule has 0 radical (unpaired) electrons. The molecule has 4 N–H and O–H groups in total. The largest absolute Gasteiger partial charge is 0.497 e. The fourth-order valence-corrected chi connectivity index (χ4v) is 7.90. The molecule has 3 aliphatic heterocycles. The first-order valence-corrected chi connectivity index (χ1v) is 18.7. The van der Waals surface area contributed by atoms with Gasteiger partial charge in [0.05, 0.1) is 28.4 Å². The number of allylic oxidation sites excluding steroid dienone is 4. The lowest BCUT2D eigenvalue weighted by Crippen LogP contribution is -2.22. The van der Waals surface area contributed by atoms with Crippen LogP contribution in [-0.2, 0) is 0 Å². The molecule has 0 aliphatic carbocycles. The van der Waals surface area contributed by atoms with Gasteiger partial charge in [0.2, 0.25) is 0 Å². The van der Waals surface area contributed by atoms with E-state index in [0.29, 0.717) is 12.8 Å². The summed E-state index contributed by atoms with van der Waals surface area (Å²) in [5, 5.41) is 9.77. The Morgan fingerprint density at radius 1 is 0.357 bits per heavy atom. The number of hydrogen-bond donors (Lipinski definition) is 4. The summed E-state index contributed by atoms with van der Waals surface area (Å²) in [5.41, 5.74) is 14.8. The molecule has 8 heteroatoms. The summed E-state index contributed by atoms with van der Waals surface area (Å²) in [6.07, 6.45) is 5.99. The molecule has 0 amide bonds. The van der Waals surface area contributed by atoms with Gasteiger partial charge in [-0.1, -0.05) is 60.7 Å². The van der Waals surface area contributed by atoms with E-state index in [1.54, 1.807) is 28.4 Å². The molecule has 0 spiro atoms. The molecule has 9 rings (SSSR count). The van der Waals surface area contributed by atoms with Crippen LogP contribution in [0.2, 0.25) is 0 Å². The number of rotatable bonds is 8. The number of nitrogens with one attached hydrogen (secondary N) is 4. The third kappa shape index (κ3) is 6.35. The predicted octanol–water partition coefficient (Wildman–Crippen LogP) is 7.76. The first-order chi connectivity index (χ1) is 27.5. The van der Waals surface area contributed by atoms with Crippen molar-refractivity contribution in [2.45, 2.75) is 12.8 Å². The molecule has 0 atom stereocenters. The highest BCUT2D eigenvalue weighted by Gasteiger charge is 2.26. The summed E-state index contributed by atoms with van der Waals surface area (Å²) in [5.74, 6) is 3.23. The van der Waals surface area contributed by atoms with Crippen molar-refractivity contribution in [2.75, 3.05) is 28.4 Å². The molecular weight excluding hydrogens is 697 g/mol. The minimum atomic E-state index is 0.711. The van der Waals surface area contributed by atoms with Crippen LogP contribution in [0.4, 0.5) is 0 Å². The van der Waals surface area contributed by atoms with Crippen LogP contribution in [0, 0.1) is 0 Å². The Hall–Kier alpha value is -7.06. The maximum absolute atomic E-state index is 5.55. The highest BCUT2D eigenvalue weighted by atomic mass is 16.5. The van der Waals surface area contributed by atoms with Crippen LogP contribution < -0.4 is 40.3 Å². The minimum Gasteiger partial charge on any atom is -0.497 e. The molecular formula is C48H42N4O4. The SMILES string of the molecule is COc1ccc(C2=C3CC=C(N3)C(c3ccc(OC)cc3)=c3ccc([nH]3)=C(c3ccc(OC)cc3)C3=CCC(=C(c4ccc(OC)cc4)c4ccc2[nH]4)N3)cc1. The second kappa shape index (κ2) is 14.6. The smallest absolute Gasteiger partial charge is 0.118 e. The Balaban J connectivity index is 1.33. The fraction of sp³-hybridized carbons (Fsp3) is 0.125. The van der Waals surface area contributed by atoms with Crippen molar-refractivity contribution in [1.29, 1.82) is 0 Å². The lowest BCUT2D eigenvalue weighted by atomic mass is 9.99. The van der Waals surface area contributed by atoms with E-state index in [4.69, 9.17) is 18.9 Å². The van der Waals surface area contributed by atoms with E-state index in [0.717, 1.165) is 112 Å². The molecule has 278 valence electrons. The predicted molar refractivity (Wildman–Crippen MR) is 222 cm³/mol. The average Bonchev–Trinajstić information content (AvgIpc) is 4.10. The molecule has 8 bridgehead atoms. The Bertz CT molecular complexity index is 2510. The van der Waals surface area contributed by atoms with Crippen molar-refractivity contribution in [3.63, 3.8) is 0 Å². The van der Waals surface area contributed by atoms with Gasteiger partial charge in [0, 0.05) is 80.0 Å². The molecule has 5 heterocycles. The van der Waals surface area contributed by atoms with Crippen LogP contribution in [0.15, 0.2) is 156 Å². The van der Waals surface area contributed by atoms with Gasteiger partial charge in [-0.15, -0.1) is 0 Å². The molecule has 2 aromatic heterocycles. The first-order valence-electron chi connectivity index (χ1n) is 18.7. The maximum Gasteiger partial charge on any atom is 0.118 e. The minimum absolute atomic E-state index is 0.711. The topological polar surface area (TPSA) is 92.6 Å². The number of fused-ring (bicyclic) bond motifs is 8. The van der Waals surface area contributed by atoms with E-state index in [2.05, 4.69) is 106 Å². The zero-order valence-corrected chi connectivity index (χ0v) is 31.7. The number of aromatic nitrogens is 2. The summed E-state index contributed by atoms with van der Waals surface area (Å²) in [4.78, 5) is 7.74. The van der Waals surface area contributed by atoms with Crippen molar-refractivity contribution in [3.8, 4) is 23.0 Å². The van der Waals surface area contributed by atoms with Crippen molar-refractivity contribution < 1.29 is 18.9 Å². The van der Waals surface area contributed by atoms with E-state index in [1.165, 1.54) is 0 Å². The molecule has 56 heavy (non-hydrogen) atoms. The van der Waals surface area contributed by atoms with Gasteiger partial charge in [-0.2, -0.15) is 0 Å². The van der Waals surface area contributed by atoms with Gasteiger partial charge in [0.25, 0.3) is 0 Å². The van der Waals surface area contributed by atoms with Gasteiger partial charge in [-0.3, -0.25) is 0 Å². The van der Waals surface area contributed by atoms with Crippen LogP contribution >= 0.6 is 0 Å². The maximum atomic E-state index is 5.55. The molecule has 3 aliphatic rings. The van der Waals surface area contributed by atoms with E-state index in [1.807, 2.05) is 48.5 Å². The summed E-state index contributed by atoms with van der Waals surface area (Å²) >= 11 is 0. The van der Waals surface area contributed by atoms with Crippen LogP contribution in [0.3, 0.4) is 0 Å². The Morgan fingerprint density at radius 2 is 0.679 bits per heavy atom. The van der Waals surface area contributed by atoms with Gasteiger partial charge in [-0.25, -0.2) is 0 Å². The van der Waals surface area contributed by atoms with E-state index >= 15 is 0 Å². The molecule has 0 fully saturated rings. The molecule has 0 saturated heterocycles. The summed E-state index contributed by atoms with van der Waals surface area (Å²) < 4.78 is 22.2. The quantitative estimate of drug-likeness (QED) is 0.128. The molecule has 4 aromatic carbocycles. The molecule has 0 saturated carbocycles. The fourth-order valence-electron chi connectivity index (χ4n) is 7.90. The van der Waals surface area contributed by atoms with Gasteiger partial charge in [-0.05, 0) is 95.1 Å². The van der Waals surface area contributed by atoms with Crippen LogP contribution in [-0.4, -0.2) is 38.4 Å². The normalized spacial score (nSPS) is 14.9. The van der Waals surface area contributed by atoms with Crippen LogP contribution in [0.5, 0.6) is 23.0 Å². The summed E-state index contributed by atoms with van der Waals surface area (Å²) in [6, 6.07) is 41.8. The van der Waals surface area contributed by atoms with Crippen molar-refractivity contribution in [2.24, 2.45) is 0 Å². The number of methoxy groups -OCH3 is 4. The lowest BCUT2D eigenvalue weighted by molar-refractivity contribution is 0.414. The Labute approximate surface area is 325 Å². The number of benzene rings is 4. The highest BCUT2D eigenvalue weighted by molar-refractivity contribution is 5.89. The highest BCUT2D eigenvalue weighted by Crippen LogP contribution is 2.38. The van der Waals surface area contributed by atoms with Crippen LogP contribution in [0.1, 0.15) is 46.5 Å². The van der Waals surface area contributed by atoms with Gasteiger partial charge in [0.15, 0.2) is 0 Å². The van der Waals surface area contributed by atoms with E-state index in [9.17, 15) is 0 Å². The third-order valence-corrected chi connectivity index (χ3v) is 10.7. The molecule has 6 aromatic rings. The Morgan fingerprint density at radius 3 is 1.00 bits per heavy atom. The van der Waals surface area contributed by atoms with Crippen molar-refractivity contribution in [1.82, 2.24) is 20.6 Å². The number of hydrogen-bond acceptors (Lipinski definition) is 6. The van der Waals surface area contributed by atoms with Crippen LogP contribution in [0.25, 0.3) is 22.3 Å². The monoisotopic (exact) mass is 738 g/mol. The molecule has 8 nitrogen and oxygen atoms in total. The van der Waals surface area contributed by atoms with E-state index < -0.39 is 0 Å². The van der Waals surface area contributed by atoms with Gasteiger partial charge in [0.1, 0.15) is 23.0 Å².